The number of ether oxygens (including phenoxy) is 1. The van der Waals surface area contributed by atoms with Crippen LogP contribution in [0.25, 0.3) is 22.2 Å². The van der Waals surface area contributed by atoms with Gasteiger partial charge in [0, 0.05) is 6.54 Å². The number of para-hydroxylation sites is 2. The van der Waals surface area contributed by atoms with Crippen molar-refractivity contribution in [2.24, 2.45) is 5.10 Å². The molecule has 0 radical (unpaired) electrons. The Morgan fingerprint density at radius 2 is 1.71 bits per heavy atom. The van der Waals surface area contributed by atoms with Crippen molar-refractivity contribution < 1.29 is 9.53 Å². The summed E-state index contributed by atoms with van der Waals surface area (Å²) in [6.07, 6.45) is 1.71. The van der Waals surface area contributed by atoms with Crippen LogP contribution in [0, 0.1) is 6.92 Å². The number of rotatable bonds is 6. The van der Waals surface area contributed by atoms with Gasteiger partial charge in [-0.15, -0.1) is 0 Å². The molecule has 0 bridgehead atoms. The van der Waals surface area contributed by atoms with Gasteiger partial charge in [-0.25, -0.2) is 9.97 Å². The van der Waals surface area contributed by atoms with Crippen LogP contribution < -0.4 is 15.8 Å². The van der Waals surface area contributed by atoms with E-state index in [1.807, 2.05) is 79.7 Å². The van der Waals surface area contributed by atoms with Gasteiger partial charge in [0.05, 0.1) is 24.4 Å². The Labute approximate surface area is 202 Å². The lowest BCUT2D eigenvalue weighted by Crippen LogP contribution is -2.23. The van der Waals surface area contributed by atoms with Crippen molar-refractivity contribution in [1.82, 2.24) is 20.0 Å². The molecular weight excluding hydrogens is 440 g/mol. The zero-order valence-corrected chi connectivity index (χ0v) is 19.4. The monoisotopic (exact) mass is 464 g/mol. The smallest absolute Gasteiger partial charge is 0.257 e. The van der Waals surface area contributed by atoms with Gasteiger partial charge in [0.25, 0.3) is 5.91 Å². The molecule has 0 unspecified atom stereocenters. The fraction of sp³-hybridized carbons (Fsp3) is 0.111. The molecule has 0 spiro atoms. The first-order valence-electron chi connectivity index (χ1n) is 11.1. The van der Waals surface area contributed by atoms with E-state index in [2.05, 4.69) is 10.4 Å². The van der Waals surface area contributed by atoms with Gasteiger partial charge in [-0.1, -0.05) is 48.5 Å². The van der Waals surface area contributed by atoms with E-state index in [-0.39, 0.29) is 17.3 Å². The average molecular weight is 465 g/mol. The SMILES string of the molecule is COc1ccc(CNC(=O)c2c(N)n(N=Cc3ccccc3C)c3nc4ccccc4nc23)cc1. The number of nitrogens with one attached hydrogen (secondary N) is 1. The molecule has 2 aromatic heterocycles. The Bertz CT molecular complexity index is 1570. The molecule has 2 heterocycles. The van der Waals surface area contributed by atoms with Crippen molar-refractivity contribution in [3.63, 3.8) is 0 Å². The van der Waals surface area contributed by atoms with E-state index >= 15 is 0 Å². The Morgan fingerprint density at radius 3 is 2.43 bits per heavy atom. The first-order chi connectivity index (χ1) is 17.0. The molecular formula is C27H24N6O2. The number of aryl methyl sites for hydroxylation is 1. The largest absolute Gasteiger partial charge is 0.497 e. The number of benzene rings is 3. The molecule has 0 saturated carbocycles. The Hall–Kier alpha value is -4.72. The van der Waals surface area contributed by atoms with Crippen molar-refractivity contribution in [1.29, 1.82) is 0 Å². The van der Waals surface area contributed by atoms with Crippen LogP contribution >= 0.6 is 0 Å². The van der Waals surface area contributed by atoms with E-state index in [9.17, 15) is 4.79 Å². The van der Waals surface area contributed by atoms with Crippen molar-refractivity contribution in [2.45, 2.75) is 13.5 Å². The molecule has 5 aromatic rings. The van der Waals surface area contributed by atoms with Crippen LogP contribution in [0.2, 0.25) is 0 Å². The molecule has 0 fully saturated rings. The van der Waals surface area contributed by atoms with Gasteiger partial charge in [0.2, 0.25) is 0 Å². The normalized spacial score (nSPS) is 11.4. The molecule has 0 saturated heterocycles. The van der Waals surface area contributed by atoms with Gasteiger partial charge < -0.3 is 15.8 Å². The van der Waals surface area contributed by atoms with Crippen LogP contribution in [-0.2, 0) is 6.54 Å². The van der Waals surface area contributed by atoms with Gasteiger partial charge in [-0.05, 0) is 47.9 Å². The minimum absolute atomic E-state index is 0.173. The summed E-state index contributed by atoms with van der Waals surface area (Å²) in [4.78, 5) is 22.7. The number of methoxy groups -OCH3 is 1. The quantitative estimate of drug-likeness (QED) is 0.365. The average Bonchev–Trinajstić information content (AvgIpc) is 3.15. The highest BCUT2D eigenvalue weighted by atomic mass is 16.5. The third kappa shape index (κ3) is 4.29. The van der Waals surface area contributed by atoms with Crippen LogP contribution in [0.3, 0.4) is 0 Å². The van der Waals surface area contributed by atoms with Crippen LogP contribution in [0.4, 0.5) is 5.82 Å². The second-order valence-corrected chi connectivity index (χ2v) is 8.09. The fourth-order valence-electron chi connectivity index (χ4n) is 3.85. The molecule has 1 amide bonds. The van der Waals surface area contributed by atoms with Crippen molar-refractivity contribution >= 4 is 40.1 Å². The van der Waals surface area contributed by atoms with Gasteiger partial charge in [-0.3, -0.25) is 4.79 Å². The summed E-state index contributed by atoms with van der Waals surface area (Å²) in [6.45, 7) is 2.33. The molecule has 8 heteroatoms. The Balaban J connectivity index is 1.56. The summed E-state index contributed by atoms with van der Waals surface area (Å²) in [6, 6.07) is 22.8. The molecule has 174 valence electrons. The zero-order valence-electron chi connectivity index (χ0n) is 19.4. The maximum atomic E-state index is 13.3. The van der Waals surface area contributed by atoms with Crippen molar-refractivity contribution in [2.75, 3.05) is 12.8 Å². The number of aromatic nitrogens is 3. The van der Waals surface area contributed by atoms with E-state index < -0.39 is 0 Å². The number of carbonyl (C=O) groups excluding carboxylic acids is 1. The second kappa shape index (κ2) is 9.26. The number of anilines is 1. The number of fused-ring (bicyclic) bond motifs is 2. The summed E-state index contributed by atoms with van der Waals surface area (Å²) in [7, 11) is 1.61. The standard InChI is InChI=1S/C27H24N6O2/c1-17-7-3-4-8-19(17)16-30-33-25(28)23(24-26(33)32-22-10-6-5-9-21(22)31-24)27(34)29-15-18-11-13-20(35-2)14-12-18/h3-14,16H,15,28H2,1-2H3,(H,29,34). The molecule has 35 heavy (non-hydrogen) atoms. The predicted molar refractivity (Wildman–Crippen MR) is 138 cm³/mol. The van der Waals surface area contributed by atoms with Crippen LogP contribution in [0.1, 0.15) is 27.0 Å². The van der Waals surface area contributed by atoms with E-state index in [1.165, 1.54) is 4.68 Å². The summed E-state index contributed by atoms with van der Waals surface area (Å²) < 4.78 is 6.67. The minimum Gasteiger partial charge on any atom is -0.497 e. The molecule has 0 atom stereocenters. The number of hydrogen-bond donors (Lipinski definition) is 2. The molecule has 8 nitrogen and oxygen atoms in total. The molecule has 0 aliphatic rings. The summed E-state index contributed by atoms with van der Waals surface area (Å²) >= 11 is 0. The van der Waals surface area contributed by atoms with Crippen molar-refractivity contribution in [3.8, 4) is 5.75 Å². The predicted octanol–water partition coefficient (Wildman–Crippen LogP) is 4.30. The lowest BCUT2D eigenvalue weighted by Gasteiger charge is -2.07. The number of nitrogen functional groups attached to an aromatic ring is 1. The summed E-state index contributed by atoms with van der Waals surface area (Å²) in [5.41, 5.74) is 11.8. The minimum atomic E-state index is -0.349. The first kappa shape index (κ1) is 22.1. The number of nitrogens with zero attached hydrogens (tertiary/aromatic N) is 4. The lowest BCUT2D eigenvalue weighted by atomic mass is 10.1. The van der Waals surface area contributed by atoms with Crippen molar-refractivity contribution in [3.05, 3.63) is 95.1 Å². The Morgan fingerprint density at radius 1 is 1.03 bits per heavy atom. The number of nitrogens with two attached hydrogens (primary N) is 1. The van der Waals surface area contributed by atoms with Crippen LogP contribution in [0.15, 0.2) is 77.9 Å². The van der Waals surface area contributed by atoms with Gasteiger partial charge >= 0.3 is 0 Å². The topological polar surface area (TPSA) is 107 Å². The molecule has 5 rings (SSSR count). The molecule has 0 aliphatic carbocycles. The lowest BCUT2D eigenvalue weighted by molar-refractivity contribution is 0.0953. The molecule has 3 aromatic carbocycles. The third-order valence-corrected chi connectivity index (χ3v) is 5.81. The van der Waals surface area contributed by atoms with Gasteiger partial charge in [-0.2, -0.15) is 9.78 Å². The van der Waals surface area contributed by atoms with Crippen LogP contribution in [0.5, 0.6) is 5.75 Å². The molecule has 3 N–H and O–H groups in total. The fourth-order valence-corrected chi connectivity index (χ4v) is 3.85. The van der Waals surface area contributed by atoms with Crippen LogP contribution in [-0.4, -0.2) is 33.9 Å². The highest BCUT2D eigenvalue weighted by Crippen LogP contribution is 2.28. The third-order valence-electron chi connectivity index (χ3n) is 5.81. The molecule has 0 aliphatic heterocycles. The number of hydrogen-bond acceptors (Lipinski definition) is 6. The highest BCUT2D eigenvalue weighted by Gasteiger charge is 2.24. The van der Waals surface area contributed by atoms with E-state index in [4.69, 9.17) is 20.4 Å². The van der Waals surface area contributed by atoms with Gasteiger partial charge in [0.1, 0.15) is 22.6 Å². The first-order valence-corrected chi connectivity index (χ1v) is 11.1. The van der Waals surface area contributed by atoms with E-state index in [0.717, 1.165) is 22.4 Å². The summed E-state index contributed by atoms with van der Waals surface area (Å²) in [5.74, 6) is 0.575. The number of carbonyl (C=O) groups is 1. The van der Waals surface area contributed by atoms with Gasteiger partial charge in [0.15, 0.2) is 5.65 Å². The number of amides is 1. The van der Waals surface area contributed by atoms with E-state index in [0.29, 0.717) is 28.7 Å². The maximum absolute atomic E-state index is 13.3. The highest BCUT2D eigenvalue weighted by molar-refractivity contribution is 6.10. The Kier molecular flexibility index (Phi) is 5.85. The maximum Gasteiger partial charge on any atom is 0.257 e. The second-order valence-electron chi connectivity index (χ2n) is 8.09. The summed E-state index contributed by atoms with van der Waals surface area (Å²) in [5, 5.41) is 7.52. The zero-order chi connectivity index (χ0) is 24.4. The van der Waals surface area contributed by atoms with E-state index in [1.54, 1.807) is 13.3 Å².